The van der Waals surface area contributed by atoms with Crippen LogP contribution in [0.15, 0.2) is 205 Å². The number of aryl methyl sites for hydroxylation is 1. The molecule has 1 aliphatic rings. The molecule has 0 unspecified atom stereocenters. The van der Waals surface area contributed by atoms with Crippen LogP contribution in [0.1, 0.15) is 29.0 Å². The van der Waals surface area contributed by atoms with Crippen LogP contribution >= 0.6 is 0 Å². The number of halogens is 6. The van der Waals surface area contributed by atoms with Crippen LogP contribution in [0.4, 0.5) is 32.0 Å². The highest BCUT2D eigenvalue weighted by atomic mass is 19.2. The summed E-state index contributed by atoms with van der Waals surface area (Å²) in [5.41, 5.74) is 10.6. The standard InChI is InChI=1S/C63H38F6N8/c64-43-27-36(28-44(65)29-43)13-26-52-51-7-1-2-8-53(51)70-58(52)37-14-16-38(17-15-37)59-73-60(39-18-22-41(23-19-39)62-71-54-9-3-5-11-56(54)76(62)49-32-45(66)30-46(67)33-49)75-61(74-59)40-20-24-42(25-21-40)63-72-55-10-4-6-12-57(55)77(63)50-34-47(68)31-48(69)35-50/h1-12,14-25,27-35,52H,13,26H2/t52-/m0/s1. The second-order valence-electron chi connectivity index (χ2n) is 18.7. The van der Waals surface area contributed by atoms with E-state index < -0.39 is 34.9 Å². The molecule has 8 nitrogen and oxygen atoms in total. The fraction of sp³-hybridized carbons (Fsp3) is 0.0476. The summed E-state index contributed by atoms with van der Waals surface area (Å²) in [6, 6.07) is 55.6. The maximum Gasteiger partial charge on any atom is 0.164 e. The van der Waals surface area contributed by atoms with Gasteiger partial charge in [0.15, 0.2) is 17.5 Å². The first-order valence-electron chi connectivity index (χ1n) is 24.6. The molecule has 0 N–H and O–H groups in total. The molecule has 0 bridgehead atoms. The zero-order valence-electron chi connectivity index (χ0n) is 40.4. The van der Waals surface area contributed by atoms with Gasteiger partial charge in [0.1, 0.15) is 46.6 Å². The number of aromatic nitrogens is 7. The molecule has 13 rings (SSSR count). The highest BCUT2D eigenvalue weighted by Crippen LogP contribution is 2.41. The summed E-state index contributed by atoms with van der Waals surface area (Å²) in [5, 5.41) is 0. The summed E-state index contributed by atoms with van der Waals surface area (Å²) in [4.78, 5) is 29.9. The molecule has 77 heavy (non-hydrogen) atoms. The second-order valence-corrected chi connectivity index (χ2v) is 18.7. The van der Waals surface area contributed by atoms with Gasteiger partial charge in [0.2, 0.25) is 0 Å². The maximum absolute atomic E-state index is 14.7. The van der Waals surface area contributed by atoms with E-state index in [0.717, 1.165) is 40.7 Å². The van der Waals surface area contributed by atoms with Gasteiger partial charge in [0.25, 0.3) is 0 Å². The molecule has 12 aromatic rings. The number of benzene rings is 9. The predicted molar refractivity (Wildman–Crippen MR) is 286 cm³/mol. The van der Waals surface area contributed by atoms with Crippen LogP contribution in [-0.2, 0) is 6.42 Å². The van der Waals surface area contributed by atoms with Gasteiger partial charge < -0.3 is 0 Å². The molecule has 0 spiro atoms. The lowest BCUT2D eigenvalue weighted by Crippen LogP contribution is -2.11. The lowest BCUT2D eigenvalue weighted by Gasteiger charge is -2.16. The summed E-state index contributed by atoms with van der Waals surface area (Å²) >= 11 is 0. The van der Waals surface area contributed by atoms with Crippen molar-refractivity contribution in [2.45, 2.75) is 18.8 Å². The van der Waals surface area contributed by atoms with Gasteiger partial charge in [-0.05, 0) is 96.3 Å². The summed E-state index contributed by atoms with van der Waals surface area (Å²) in [7, 11) is 0. The summed E-state index contributed by atoms with van der Waals surface area (Å²) in [6.07, 6.45) is 1.00. The molecule has 0 radical (unpaired) electrons. The number of fused-ring (bicyclic) bond motifs is 3. The van der Waals surface area contributed by atoms with Crippen molar-refractivity contribution in [3.05, 3.63) is 252 Å². The molecule has 0 saturated carbocycles. The average molecular weight is 1020 g/mol. The Hall–Kier alpha value is -9.82. The SMILES string of the molecule is Fc1cc(F)cc(CC[C@@H]2C(c3ccc(-c4nc(-c5ccc(-c6nc7ccccc7n6-c6cc(F)cc(F)c6)cc5)nc(-c5ccc(-c6nc7ccccc7n6-c6cc(F)cc(F)c6)cc5)n4)cc3)=Nc3ccccc32)c1. The van der Waals surface area contributed by atoms with Crippen molar-refractivity contribution in [1.29, 1.82) is 0 Å². The van der Waals surface area contributed by atoms with E-state index >= 15 is 0 Å². The Morgan fingerprint density at radius 1 is 0.364 bits per heavy atom. The molecular formula is C63H38F6N8. The fourth-order valence-electron chi connectivity index (χ4n) is 10.3. The van der Waals surface area contributed by atoms with E-state index in [9.17, 15) is 26.3 Å². The third-order valence-corrected chi connectivity index (χ3v) is 13.7. The number of aliphatic imine (C=N–C) groups is 1. The number of hydrogen-bond acceptors (Lipinski definition) is 6. The first-order valence-corrected chi connectivity index (χ1v) is 24.6. The summed E-state index contributed by atoms with van der Waals surface area (Å²) in [6.45, 7) is 0. The van der Waals surface area contributed by atoms with Crippen molar-refractivity contribution in [2.75, 3.05) is 0 Å². The van der Waals surface area contributed by atoms with Crippen molar-refractivity contribution >= 4 is 33.5 Å². The van der Waals surface area contributed by atoms with Crippen LogP contribution in [0.3, 0.4) is 0 Å². The second kappa shape index (κ2) is 19.1. The quantitative estimate of drug-likeness (QED) is 0.120. The van der Waals surface area contributed by atoms with E-state index in [-0.39, 0.29) is 17.3 Å². The van der Waals surface area contributed by atoms with Crippen molar-refractivity contribution < 1.29 is 26.3 Å². The molecule has 3 aromatic heterocycles. The first kappa shape index (κ1) is 46.9. The topological polar surface area (TPSA) is 86.7 Å². The van der Waals surface area contributed by atoms with E-state index in [2.05, 4.69) is 0 Å². The van der Waals surface area contributed by atoms with Gasteiger partial charge in [-0.25, -0.2) is 51.3 Å². The van der Waals surface area contributed by atoms with Crippen LogP contribution in [-0.4, -0.2) is 39.8 Å². The molecule has 0 saturated heterocycles. The number of hydrogen-bond donors (Lipinski definition) is 0. The number of imidazole rings is 2. The highest BCUT2D eigenvalue weighted by Gasteiger charge is 2.28. The number of para-hydroxylation sites is 5. The average Bonchev–Trinajstić information content (AvgIpc) is 4.24. The van der Waals surface area contributed by atoms with E-state index in [1.165, 1.54) is 36.4 Å². The molecule has 14 heteroatoms. The van der Waals surface area contributed by atoms with Crippen LogP contribution < -0.4 is 0 Å². The Balaban J connectivity index is 0.886. The van der Waals surface area contributed by atoms with Crippen molar-refractivity contribution in [3.8, 4) is 68.3 Å². The Labute approximate surface area is 436 Å². The van der Waals surface area contributed by atoms with Gasteiger partial charge >= 0.3 is 0 Å². The lowest BCUT2D eigenvalue weighted by molar-refractivity contribution is 0.578. The van der Waals surface area contributed by atoms with Gasteiger partial charge in [-0.15, -0.1) is 0 Å². The van der Waals surface area contributed by atoms with Crippen LogP contribution in [0.2, 0.25) is 0 Å². The molecule has 372 valence electrons. The molecule has 0 amide bonds. The third kappa shape index (κ3) is 8.99. The molecule has 4 heterocycles. The highest BCUT2D eigenvalue weighted by molar-refractivity contribution is 6.10. The van der Waals surface area contributed by atoms with Crippen molar-refractivity contribution in [3.63, 3.8) is 0 Å². The molecule has 1 atom stereocenters. The number of nitrogens with zero attached hydrogens (tertiary/aromatic N) is 8. The molecule has 0 aliphatic carbocycles. The lowest BCUT2D eigenvalue weighted by atomic mass is 9.86. The van der Waals surface area contributed by atoms with Crippen LogP contribution in [0.5, 0.6) is 0 Å². The Kier molecular flexibility index (Phi) is 11.7. The summed E-state index contributed by atoms with van der Waals surface area (Å²) < 4.78 is 90.5. The zero-order valence-corrected chi connectivity index (χ0v) is 40.4. The van der Waals surface area contributed by atoms with Crippen LogP contribution in [0, 0.1) is 34.9 Å². The number of rotatable bonds is 11. The fourth-order valence-corrected chi connectivity index (χ4v) is 10.3. The van der Waals surface area contributed by atoms with Gasteiger partial charge in [0.05, 0.1) is 44.8 Å². The molecular weight excluding hydrogens is 983 g/mol. The van der Waals surface area contributed by atoms with E-state index in [4.69, 9.17) is 29.9 Å². The Bertz CT molecular complexity index is 4050. The minimum absolute atomic E-state index is 0.136. The van der Waals surface area contributed by atoms with Crippen molar-refractivity contribution in [2.24, 2.45) is 4.99 Å². The largest absolute Gasteiger partial charge is 0.292 e. The van der Waals surface area contributed by atoms with Gasteiger partial charge in [-0.3, -0.25) is 14.1 Å². The molecule has 0 fully saturated rings. The third-order valence-electron chi connectivity index (χ3n) is 13.7. The Morgan fingerprint density at radius 3 is 1.19 bits per heavy atom. The molecule has 9 aromatic carbocycles. The van der Waals surface area contributed by atoms with E-state index in [1.807, 2.05) is 146 Å². The maximum atomic E-state index is 14.7. The van der Waals surface area contributed by atoms with E-state index in [1.54, 1.807) is 9.13 Å². The van der Waals surface area contributed by atoms with E-state index in [0.29, 0.717) is 97.4 Å². The van der Waals surface area contributed by atoms with Crippen molar-refractivity contribution in [1.82, 2.24) is 34.1 Å². The summed E-state index contributed by atoms with van der Waals surface area (Å²) in [5.74, 6) is -2.24. The minimum atomic E-state index is -0.719. The first-order chi connectivity index (χ1) is 37.5. The smallest absolute Gasteiger partial charge is 0.164 e. The zero-order chi connectivity index (χ0) is 52.3. The normalized spacial score (nSPS) is 13.1. The predicted octanol–water partition coefficient (Wildman–Crippen LogP) is 15.6. The van der Waals surface area contributed by atoms with Crippen LogP contribution in [0.25, 0.3) is 90.4 Å². The Morgan fingerprint density at radius 2 is 0.740 bits per heavy atom. The molecule has 1 aliphatic heterocycles. The van der Waals surface area contributed by atoms with Gasteiger partial charge in [0, 0.05) is 51.9 Å². The van der Waals surface area contributed by atoms with Gasteiger partial charge in [-0.2, -0.15) is 0 Å². The van der Waals surface area contributed by atoms with Gasteiger partial charge in [-0.1, -0.05) is 115 Å². The minimum Gasteiger partial charge on any atom is -0.292 e. The monoisotopic (exact) mass is 1020 g/mol.